The van der Waals surface area contributed by atoms with Gasteiger partial charge in [0.25, 0.3) is 0 Å². The van der Waals surface area contributed by atoms with E-state index in [9.17, 15) is 4.39 Å². The Morgan fingerprint density at radius 2 is 2.14 bits per heavy atom. The molecular formula is C13H17F. The Hall–Kier alpha value is -0.850. The van der Waals surface area contributed by atoms with Crippen LogP contribution in [0.3, 0.4) is 0 Å². The molecule has 0 saturated carbocycles. The Balaban J connectivity index is 2.40. The molecule has 0 saturated heterocycles. The van der Waals surface area contributed by atoms with Crippen LogP contribution in [0.4, 0.5) is 4.39 Å². The highest BCUT2D eigenvalue weighted by molar-refractivity contribution is 5.33. The summed E-state index contributed by atoms with van der Waals surface area (Å²) in [6, 6.07) is 5.29. The van der Waals surface area contributed by atoms with Gasteiger partial charge in [0.15, 0.2) is 0 Å². The number of fused-ring (bicyclic) bond motifs is 1. The lowest BCUT2D eigenvalue weighted by molar-refractivity contribution is 0.432. The highest BCUT2D eigenvalue weighted by Crippen LogP contribution is 2.36. The molecule has 0 bridgehead atoms. The minimum atomic E-state index is -0.0897. The highest BCUT2D eigenvalue weighted by Gasteiger charge is 2.22. The Bertz CT molecular complexity index is 328. The van der Waals surface area contributed by atoms with E-state index in [1.165, 1.54) is 24.0 Å². The molecule has 0 amide bonds. The molecule has 1 aliphatic rings. The molecule has 0 spiro atoms. The van der Waals surface area contributed by atoms with Gasteiger partial charge in [-0.05, 0) is 54.4 Å². The third-order valence-electron chi connectivity index (χ3n) is 3.27. The Morgan fingerprint density at radius 1 is 1.36 bits per heavy atom. The van der Waals surface area contributed by atoms with Crippen LogP contribution in [-0.4, -0.2) is 0 Å². The fourth-order valence-electron chi connectivity index (χ4n) is 2.51. The van der Waals surface area contributed by atoms with Crippen LogP contribution in [0.15, 0.2) is 18.2 Å². The average molecular weight is 192 g/mol. The van der Waals surface area contributed by atoms with Crippen molar-refractivity contribution in [3.63, 3.8) is 0 Å². The van der Waals surface area contributed by atoms with Crippen LogP contribution in [0, 0.1) is 11.7 Å². The van der Waals surface area contributed by atoms with Gasteiger partial charge in [-0.1, -0.05) is 19.9 Å². The number of aryl methyl sites for hydroxylation is 1. The average Bonchev–Trinajstić information content (AvgIpc) is 2.16. The van der Waals surface area contributed by atoms with Crippen molar-refractivity contribution in [2.45, 2.75) is 39.0 Å². The Labute approximate surface area is 85.1 Å². The topological polar surface area (TPSA) is 0 Å². The van der Waals surface area contributed by atoms with Gasteiger partial charge < -0.3 is 0 Å². The number of hydrogen-bond acceptors (Lipinski definition) is 0. The van der Waals surface area contributed by atoms with Crippen molar-refractivity contribution in [2.24, 2.45) is 5.92 Å². The summed E-state index contributed by atoms with van der Waals surface area (Å²) in [6.45, 7) is 4.51. The Kier molecular flexibility index (Phi) is 2.58. The van der Waals surface area contributed by atoms with Crippen molar-refractivity contribution in [3.8, 4) is 0 Å². The van der Waals surface area contributed by atoms with Crippen molar-refractivity contribution in [1.82, 2.24) is 0 Å². The molecule has 14 heavy (non-hydrogen) atoms. The van der Waals surface area contributed by atoms with E-state index < -0.39 is 0 Å². The SMILES string of the molecule is CC(C)[C@H]1CCCc2cc(F)ccc21. The lowest BCUT2D eigenvalue weighted by Gasteiger charge is -2.28. The van der Waals surface area contributed by atoms with E-state index in [1.807, 2.05) is 6.07 Å². The first-order valence-electron chi connectivity index (χ1n) is 5.47. The Morgan fingerprint density at radius 3 is 2.86 bits per heavy atom. The van der Waals surface area contributed by atoms with E-state index >= 15 is 0 Å². The largest absolute Gasteiger partial charge is 0.207 e. The van der Waals surface area contributed by atoms with Gasteiger partial charge in [0.1, 0.15) is 5.82 Å². The zero-order valence-electron chi connectivity index (χ0n) is 8.89. The lowest BCUT2D eigenvalue weighted by atomic mass is 9.77. The third-order valence-corrected chi connectivity index (χ3v) is 3.27. The molecule has 0 aliphatic heterocycles. The van der Waals surface area contributed by atoms with Crippen molar-refractivity contribution in [1.29, 1.82) is 0 Å². The highest BCUT2D eigenvalue weighted by atomic mass is 19.1. The molecule has 76 valence electrons. The molecule has 1 aromatic rings. The van der Waals surface area contributed by atoms with Crippen LogP contribution in [0.25, 0.3) is 0 Å². The minimum absolute atomic E-state index is 0.0897. The monoisotopic (exact) mass is 192 g/mol. The molecule has 0 fully saturated rings. The van der Waals surface area contributed by atoms with E-state index in [4.69, 9.17) is 0 Å². The molecule has 1 atom stereocenters. The molecule has 0 heterocycles. The molecule has 1 aliphatic carbocycles. The van der Waals surface area contributed by atoms with E-state index in [1.54, 1.807) is 12.1 Å². The molecule has 2 rings (SSSR count). The van der Waals surface area contributed by atoms with Gasteiger partial charge in [-0.3, -0.25) is 0 Å². The first-order chi connectivity index (χ1) is 6.68. The van der Waals surface area contributed by atoms with Crippen molar-refractivity contribution in [2.75, 3.05) is 0 Å². The maximum Gasteiger partial charge on any atom is 0.123 e. The maximum atomic E-state index is 13.0. The van der Waals surface area contributed by atoms with Crippen LogP contribution >= 0.6 is 0 Å². The number of rotatable bonds is 1. The summed E-state index contributed by atoms with van der Waals surface area (Å²) in [4.78, 5) is 0. The number of halogens is 1. The van der Waals surface area contributed by atoms with Crippen molar-refractivity contribution in [3.05, 3.63) is 35.1 Å². The molecule has 0 unspecified atom stereocenters. The smallest absolute Gasteiger partial charge is 0.123 e. The van der Waals surface area contributed by atoms with Gasteiger partial charge in [-0.2, -0.15) is 0 Å². The van der Waals surface area contributed by atoms with Crippen LogP contribution in [-0.2, 0) is 6.42 Å². The van der Waals surface area contributed by atoms with Crippen molar-refractivity contribution >= 4 is 0 Å². The lowest BCUT2D eigenvalue weighted by Crippen LogP contribution is -2.14. The summed E-state index contributed by atoms with van der Waals surface area (Å²) >= 11 is 0. The van der Waals surface area contributed by atoms with Gasteiger partial charge in [-0.25, -0.2) is 4.39 Å². The fourth-order valence-corrected chi connectivity index (χ4v) is 2.51. The summed E-state index contributed by atoms with van der Waals surface area (Å²) < 4.78 is 13.0. The summed E-state index contributed by atoms with van der Waals surface area (Å²) in [5, 5.41) is 0. The minimum Gasteiger partial charge on any atom is -0.207 e. The second-order valence-corrected chi connectivity index (χ2v) is 4.59. The standard InChI is InChI=1S/C13H17F/c1-9(2)12-5-3-4-10-8-11(14)6-7-13(10)12/h6-9,12H,3-5H2,1-2H3/t12-/m1/s1. The summed E-state index contributed by atoms with van der Waals surface area (Å²) in [7, 11) is 0. The predicted molar refractivity (Wildman–Crippen MR) is 56.9 cm³/mol. The van der Waals surface area contributed by atoms with Crippen LogP contribution in [0.2, 0.25) is 0 Å². The first kappa shape index (κ1) is 9.70. The second-order valence-electron chi connectivity index (χ2n) is 4.59. The van der Waals surface area contributed by atoms with E-state index in [2.05, 4.69) is 13.8 Å². The van der Waals surface area contributed by atoms with Crippen LogP contribution in [0.1, 0.15) is 43.7 Å². The van der Waals surface area contributed by atoms with E-state index in [-0.39, 0.29) is 5.82 Å². The first-order valence-corrected chi connectivity index (χ1v) is 5.47. The molecule has 1 heteroatoms. The maximum absolute atomic E-state index is 13.0. The van der Waals surface area contributed by atoms with Crippen LogP contribution < -0.4 is 0 Å². The van der Waals surface area contributed by atoms with E-state index in [0.717, 1.165) is 6.42 Å². The van der Waals surface area contributed by atoms with Gasteiger partial charge >= 0.3 is 0 Å². The number of hydrogen-bond donors (Lipinski definition) is 0. The fraction of sp³-hybridized carbons (Fsp3) is 0.538. The molecular weight excluding hydrogens is 175 g/mol. The molecule has 0 N–H and O–H groups in total. The molecule has 0 radical (unpaired) electrons. The zero-order chi connectivity index (χ0) is 10.1. The number of benzene rings is 1. The molecule has 0 nitrogen and oxygen atoms in total. The normalized spacial score (nSPS) is 21.0. The summed E-state index contributed by atoms with van der Waals surface area (Å²) in [5.41, 5.74) is 2.61. The third kappa shape index (κ3) is 1.68. The molecule has 0 aromatic heterocycles. The van der Waals surface area contributed by atoms with Crippen LogP contribution in [0.5, 0.6) is 0 Å². The van der Waals surface area contributed by atoms with Gasteiger partial charge in [0, 0.05) is 0 Å². The van der Waals surface area contributed by atoms with Gasteiger partial charge in [0.05, 0.1) is 0 Å². The van der Waals surface area contributed by atoms with Crippen molar-refractivity contribution < 1.29 is 4.39 Å². The predicted octanol–water partition coefficient (Wildman–Crippen LogP) is 3.90. The summed E-state index contributed by atoms with van der Waals surface area (Å²) in [5.74, 6) is 1.21. The second kappa shape index (κ2) is 3.72. The zero-order valence-corrected chi connectivity index (χ0v) is 8.89. The quantitative estimate of drug-likeness (QED) is 0.633. The summed E-state index contributed by atoms with van der Waals surface area (Å²) in [6.07, 6.45) is 3.52. The van der Waals surface area contributed by atoms with E-state index in [0.29, 0.717) is 11.8 Å². The molecule has 1 aromatic carbocycles. The van der Waals surface area contributed by atoms with Gasteiger partial charge in [-0.15, -0.1) is 0 Å². The van der Waals surface area contributed by atoms with Gasteiger partial charge in [0.2, 0.25) is 0 Å².